The minimum absolute atomic E-state index is 0.328. The average Bonchev–Trinajstić information content (AvgIpc) is 2.56. The van der Waals surface area contributed by atoms with Crippen LogP contribution in [-0.2, 0) is 0 Å². The molecule has 2 aliphatic heterocycles. The summed E-state index contributed by atoms with van der Waals surface area (Å²) in [5, 5.41) is 0. The second kappa shape index (κ2) is 5.03. The number of allylic oxidation sites excluding steroid dienone is 3. The molecule has 4 rings (SSSR count). The Kier molecular flexibility index (Phi) is 3.00. The van der Waals surface area contributed by atoms with Gasteiger partial charge in [0.15, 0.2) is 0 Å². The molecule has 0 radical (unpaired) electrons. The third-order valence-corrected chi connectivity index (χ3v) is 4.64. The lowest BCUT2D eigenvalue weighted by Gasteiger charge is -2.40. The predicted octanol–water partition coefficient (Wildman–Crippen LogP) is 5.20. The maximum atomic E-state index is 4.29. The first kappa shape index (κ1) is 13.1. The molecule has 0 aromatic heterocycles. The van der Waals surface area contributed by atoms with Crippen LogP contribution in [0.25, 0.3) is 16.7 Å². The quantitative estimate of drug-likeness (QED) is 0.696. The Hall–Kier alpha value is -2.54. The summed E-state index contributed by atoms with van der Waals surface area (Å²) in [6.07, 6.45) is 6.63. The lowest BCUT2D eigenvalue weighted by molar-refractivity contribution is 0.318. The Labute approximate surface area is 131 Å². The first-order valence-electron chi connectivity index (χ1n) is 7.73. The zero-order valence-electron chi connectivity index (χ0n) is 12.8. The smallest absolute Gasteiger partial charge is 0.0736 e. The van der Waals surface area contributed by atoms with E-state index < -0.39 is 0 Å². The summed E-state index contributed by atoms with van der Waals surface area (Å²) in [6, 6.07) is 17.7. The maximum absolute atomic E-state index is 4.29. The van der Waals surface area contributed by atoms with Crippen molar-refractivity contribution in [3.63, 3.8) is 0 Å². The molecule has 108 valence electrons. The minimum Gasteiger partial charge on any atom is -0.360 e. The molecule has 1 heteroatoms. The van der Waals surface area contributed by atoms with Gasteiger partial charge in [-0.2, -0.15) is 0 Å². The van der Waals surface area contributed by atoms with Crippen molar-refractivity contribution >= 4 is 5.57 Å². The number of nitrogens with zero attached hydrogens (tertiary/aromatic N) is 1. The third-order valence-electron chi connectivity index (χ3n) is 4.64. The SMILES string of the molecule is C=C1CN2C(C)=CC=CC2c2cc(-c3ccccc3)ccc21. The van der Waals surface area contributed by atoms with Crippen molar-refractivity contribution in [3.8, 4) is 11.1 Å². The van der Waals surface area contributed by atoms with Crippen molar-refractivity contribution in [2.24, 2.45) is 0 Å². The van der Waals surface area contributed by atoms with Gasteiger partial charge in [0.1, 0.15) is 0 Å². The van der Waals surface area contributed by atoms with Crippen LogP contribution in [0.15, 0.2) is 79.0 Å². The number of hydrogen-bond acceptors (Lipinski definition) is 1. The summed E-state index contributed by atoms with van der Waals surface area (Å²) in [5.41, 5.74) is 7.72. The zero-order valence-corrected chi connectivity index (χ0v) is 12.8. The summed E-state index contributed by atoms with van der Waals surface area (Å²) in [6.45, 7) is 7.38. The van der Waals surface area contributed by atoms with Gasteiger partial charge in [-0.3, -0.25) is 0 Å². The zero-order chi connectivity index (χ0) is 15.1. The first-order chi connectivity index (χ1) is 10.7. The number of fused-ring (bicyclic) bond motifs is 3. The number of rotatable bonds is 1. The van der Waals surface area contributed by atoms with E-state index in [1.54, 1.807) is 0 Å². The summed E-state index contributed by atoms with van der Waals surface area (Å²) in [4.78, 5) is 2.43. The Morgan fingerprint density at radius 2 is 1.86 bits per heavy atom. The minimum atomic E-state index is 0.328. The topological polar surface area (TPSA) is 3.24 Å². The van der Waals surface area contributed by atoms with Gasteiger partial charge in [0.25, 0.3) is 0 Å². The highest BCUT2D eigenvalue weighted by atomic mass is 15.2. The van der Waals surface area contributed by atoms with E-state index in [9.17, 15) is 0 Å². The van der Waals surface area contributed by atoms with E-state index in [1.807, 2.05) is 0 Å². The summed E-state index contributed by atoms with van der Waals surface area (Å²) < 4.78 is 0. The second-order valence-corrected chi connectivity index (χ2v) is 6.04. The highest BCUT2D eigenvalue weighted by Crippen LogP contribution is 2.40. The molecular formula is C21H19N. The summed E-state index contributed by atoms with van der Waals surface area (Å²) >= 11 is 0. The van der Waals surface area contributed by atoms with E-state index in [-0.39, 0.29) is 0 Å². The van der Waals surface area contributed by atoms with Crippen molar-refractivity contribution in [2.45, 2.75) is 13.0 Å². The van der Waals surface area contributed by atoms with Crippen LogP contribution >= 0.6 is 0 Å². The molecule has 1 nitrogen and oxygen atoms in total. The Morgan fingerprint density at radius 1 is 1.05 bits per heavy atom. The van der Waals surface area contributed by atoms with Crippen LogP contribution in [0.1, 0.15) is 24.1 Å². The van der Waals surface area contributed by atoms with Crippen LogP contribution in [0.4, 0.5) is 0 Å². The Morgan fingerprint density at radius 3 is 2.68 bits per heavy atom. The van der Waals surface area contributed by atoms with Crippen molar-refractivity contribution in [3.05, 3.63) is 90.2 Å². The van der Waals surface area contributed by atoms with Crippen LogP contribution in [0, 0.1) is 0 Å². The monoisotopic (exact) mass is 285 g/mol. The van der Waals surface area contributed by atoms with E-state index in [4.69, 9.17) is 0 Å². The Balaban J connectivity index is 1.85. The molecule has 2 aromatic rings. The summed E-state index contributed by atoms with van der Waals surface area (Å²) in [7, 11) is 0. The maximum Gasteiger partial charge on any atom is 0.0736 e. The molecule has 1 atom stereocenters. The summed E-state index contributed by atoms with van der Waals surface area (Å²) in [5.74, 6) is 0. The van der Waals surface area contributed by atoms with Gasteiger partial charge < -0.3 is 4.90 Å². The molecule has 1 unspecified atom stereocenters. The third kappa shape index (κ3) is 2.01. The first-order valence-corrected chi connectivity index (χ1v) is 7.73. The fraction of sp³-hybridized carbons (Fsp3) is 0.143. The van der Waals surface area contributed by atoms with E-state index >= 15 is 0 Å². The van der Waals surface area contributed by atoms with Crippen molar-refractivity contribution in [1.29, 1.82) is 0 Å². The Bertz CT molecular complexity index is 796. The van der Waals surface area contributed by atoms with Gasteiger partial charge >= 0.3 is 0 Å². The molecule has 0 N–H and O–H groups in total. The van der Waals surface area contributed by atoms with Gasteiger partial charge in [-0.15, -0.1) is 0 Å². The lowest BCUT2D eigenvalue weighted by Crippen LogP contribution is -2.33. The van der Waals surface area contributed by atoms with Gasteiger partial charge in [-0.1, -0.05) is 61.2 Å². The lowest BCUT2D eigenvalue weighted by atomic mass is 9.86. The molecule has 0 saturated carbocycles. The molecule has 0 saturated heterocycles. The molecule has 0 bridgehead atoms. The van der Waals surface area contributed by atoms with Gasteiger partial charge in [0.2, 0.25) is 0 Å². The molecule has 0 fully saturated rings. The van der Waals surface area contributed by atoms with Crippen LogP contribution < -0.4 is 0 Å². The number of hydrogen-bond donors (Lipinski definition) is 0. The van der Waals surface area contributed by atoms with Crippen LogP contribution in [0.5, 0.6) is 0 Å². The van der Waals surface area contributed by atoms with E-state index in [0.29, 0.717) is 6.04 Å². The molecule has 2 aliphatic rings. The van der Waals surface area contributed by atoms with Gasteiger partial charge in [-0.05, 0) is 46.9 Å². The fourth-order valence-corrected chi connectivity index (χ4v) is 3.44. The highest BCUT2D eigenvalue weighted by molar-refractivity contribution is 5.75. The highest BCUT2D eigenvalue weighted by Gasteiger charge is 2.29. The molecule has 2 aromatic carbocycles. The normalized spacial score (nSPS) is 19.5. The second-order valence-electron chi connectivity index (χ2n) is 6.04. The standard InChI is InChI=1S/C21H19N/c1-15-14-22-16(2)7-6-10-21(22)20-13-18(11-12-19(15)20)17-8-4-3-5-9-17/h3-13,21H,1,14H2,2H3. The molecular weight excluding hydrogens is 266 g/mol. The van der Waals surface area contributed by atoms with Crippen molar-refractivity contribution in [2.75, 3.05) is 6.54 Å². The van der Waals surface area contributed by atoms with Crippen LogP contribution in [0.2, 0.25) is 0 Å². The molecule has 0 spiro atoms. The largest absolute Gasteiger partial charge is 0.360 e. The van der Waals surface area contributed by atoms with Crippen LogP contribution in [-0.4, -0.2) is 11.4 Å². The average molecular weight is 285 g/mol. The molecule has 22 heavy (non-hydrogen) atoms. The van der Waals surface area contributed by atoms with Crippen molar-refractivity contribution in [1.82, 2.24) is 4.90 Å². The number of benzene rings is 2. The van der Waals surface area contributed by atoms with Crippen molar-refractivity contribution < 1.29 is 0 Å². The van der Waals surface area contributed by atoms with Gasteiger partial charge in [0.05, 0.1) is 6.04 Å². The van der Waals surface area contributed by atoms with E-state index in [1.165, 1.54) is 33.5 Å². The fourth-order valence-electron chi connectivity index (χ4n) is 3.44. The van der Waals surface area contributed by atoms with Crippen LogP contribution in [0.3, 0.4) is 0 Å². The van der Waals surface area contributed by atoms with Gasteiger partial charge in [0, 0.05) is 12.2 Å². The molecule has 0 amide bonds. The molecule has 0 aliphatic carbocycles. The predicted molar refractivity (Wildman–Crippen MR) is 93.3 cm³/mol. The van der Waals surface area contributed by atoms with E-state index in [2.05, 4.69) is 85.2 Å². The van der Waals surface area contributed by atoms with E-state index in [0.717, 1.165) is 6.54 Å². The van der Waals surface area contributed by atoms with Gasteiger partial charge in [-0.25, -0.2) is 0 Å². The molecule has 2 heterocycles.